The van der Waals surface area contributed by atoms with Gasteiger partial charge >= 0.3 is 6.18 Å². The van der Waals surface area contributed by atoms with Gasteiger partial charge in [-0.15, -0.1) is 0 Å². The summed E-state index contributed by atoms with van der Waals surface area (Å²) >= 11 is 0. The summed E-state index contributed by atoms with van der Waals surface area (Å²) in [5.74, 6) is -1.95. The van der Waals surface area contributed by atoms with Gasteiger partial charge in [-0.1, -0.05) is 6.07 Å². The van der Waals surface area contributed by atoms with Crippen molar-refractivity contribution in [1.29, 1.82) is 0 Å². The third-order valence-electron chi connectivity index (χ3n) is 5.15. The van der Waals surface area contributed by atoms with Crippen LogP contribution in [0.5, 0.6) is 5.75 Å². The first kappa shape index (κ1) is 22.2. The largest absolute Gasteiger partial charge is 0.507 e. The van der Waals surface area contributed by atoms with Crippen LogP contribution in [0.1, 0.15) is 29.9 Å². The molecule has 2 heterocycles. The summed E-state index contributed by atoms with van der Waals surface area (Å²) in [7, 11) is 0. The lowest BCUT2D eigenvalue weighted by atomic mass is 9.99. The molecule has 3 aromatic rings. The second kappa shape index (κ2) is 8.50. The Hall–Kier alpha value is -4.01. The summed E-state index contributed by atoms with van der Waals surface area (Å²) in [6, 6.07) is 12.0. The molecule has 1 aliphatic heterocycles. The number of amides is 1. The van der Waals surface area contributed by atoms with Crippen LogP contribution in [-0.2, 0) is 15.8 Å². The highest BCUT2D eigenvalue weighted by Crippen LogP contribution is 2.43. The molecule has 0 aliphatic carbocycles. The number of hydrogen-bond acceptors (Lipinski definition) is 5. The van der Waals surface area contributed by atoms with Gasteiger partial charge in [-0.3, -0.25) is 14.5 Å². The summed E-state index contributed by atoms with van der Waals surface area (Å²) in [5.41, 5.74) is -1.20. The Morgan fingerprint density at radius 1 is 1.09 bits per heavy atom. The van der Waals surface area contributed by atoms with Gasteiger partial charge in [0.15, 0.2) is 0 Å². The molecular weight excluding hydrogens is 439 g/mol. The number of furan rings is 1. The molecular formula is C24H18F3NO5. The van der Waals surface area contributed by atoms with E-state index in [-0.39, 0.29) is 22.6 Å². The molecule has 1 N–H and O–H groups in total. The van der Waals surface area contributed by atoms with Crippen LogP contribution in [0.25, 0.3) is 5.76 Å². The Morgan fingerprint density at radius 3 is 2.42 bits per heavy atom. The molecule has 170 valence electrons. The van der Waals surface area contributed by atoms with Crippen molar-refractivity contribution in [2.45, 2.75) is 19.1 Å². The summed E-state index contributed by atoms with van der Waals surface area (Å²) in [4.78, 5) is 26.8. The number of halogens is 3. The predicted molar refractivity (Wildman–Crippen MR) is 113 cm³/mol. The third kappa shape index (κ3) is 4.09. The summed E-state index contributed by atoms with van der Waals surface area (Å²) in [6.45, 7) is 2.25. The lowest BCUT2D eigenvalue weighted by molar-refractivity contribution is -0.137. The van der Waals surface area contributed by atoms with E-state index in [0.29, 0.717) is 12.4 Å². The molecule has 4 rings (SSSR count). The molecule has 9 heteroatoms. The molecule has 1 atom stereocenters. The van der Waals surface area contributed by atoms with Crippen molar-refractivity contribution in [3.05, 3.63) is 89.4 Å². The fourth-order valence-electron chi connectivity index (χ4n) is 3.68. The molecule has 0 saturated carbocycles. The minimum absolute atomic E-state index is 0.110. The number of carbonyl (C=O) groups excluding carboxylic acids is 2. The van der Waals surface area contributed by atoms with Gasteiger partial charge in [0.25, 0.3) is 11.7 Å². The molecule has 1 amide bonds. The van der Waals surface area contributed by atoms with Crippen molar-refractivity contribution in [3.8, 4) is 5.75 Å². The first-order valence-corrected chi connectivity index (χ1v) is 9.97. The highest BCUT2D eigenvalue weighted by molar-refractivity contribution is 6.51. The van der Waals surface area contributed by atoms with Crippen LogP contribution in [0.4, 0.5) is 18.9 Å². The Labute approximate surface area is 186 Å². The number of ether oxygens (including phenoxy) is 1. The number of benzene rings is 2. The minimum Gasteiger partial charge on any atom is -0.507 e. The molecule has 6 nitrogen and oxygen atoms in total. The molecule has 0 bridgehead atoms. The fraction of sp³-hybridized carbons (Fsp3) is 0.167. The monoisotopic (exact) mass is 457 g/mol. The van der Waals surface area contributed by atoms with E-state index >= 15 is 0 Å². The van der Waals surface area contributed by atoms with Crippen LogP contribution in [-0.4, -0.2) is 23.4 Å². The Kier molecular flexibility index (Phi) is 5.71. The molecule has 1 aliphatic rings. The van der Waals surface area contributed by atoms with Crippen LogP contribution >= 0.6 is 0 Å². The standard InChI is InChI=1S/C24H18F3NO5/c1-2-32-17-10-8-14(9-11-17)21(29)19-20(18-7-4-12-33-18)28(23(31)22(19)30)16-6-3-5-15(13-16)24(25,26)27/h3-13,20,29H,2H2,1H3/b21-19-. The topological polar surface area (TPSA) is 80.0 Å². The number of carbonyl (C=O) groups is 2. The number of Topliss-reactive ketones (excluding diaryl/α,β-unsaturated/α-hetero) is 1. The van der Waals surface area contributed by atoms with E-state index in [2.05, 4.69) is 0 Å². The average Bonchev–Trinajstić information content (AvgIpc) is 3.41. The number of nitrogens with zero attached hydrogens (tertiary/aromatic N) is 1. The van der Waals surface area contributed by atoms with E-state index in [9.17, 15) is 27.9 Å². The Morgan fingerprint density at radius 2 is 1.82 bits per heavy atom. The SMILES string of the molecule is CCOc1ccc(/C(O)=C2/C(=O)C(=O)N(c3cccc(C(F)(F)F)c3)C2c2ccco2)cc1. The Bertz CT molecular complexity index is 1210. The van der Waals surface area contributed by atoms with Crippen molar-refractivity contribution in [2.75, 3.05) is 11.5 Å². The number of aliphatic hydroxyl groups is 1. The van der Waals surface area contributed by atoms with Crippen LogP contribution in [0.15, 0.2) is 76.9 Å². The van der Waals surface area contributed by atoms with Gasteiger partial charge in [-0.2, -0.15) is 13.2 Å². The van der Waals surface area contributed by atoms with Gasteiger partial charge in [0.2, 0.25) is 0 Å². The summed E-state index contributed by atoms with van der Waals surface area (Å²) in [5, 5.41) is 11.0. The maximum Gasteiger partial charge on any atom is 0.416 e. The van der Waals surface area contributed by atoms with E-state index in [1.54, 1.807) is 12.1 Å². The van der Waals surface area contributed by atoms with Crippen molar-refractivity contribution in [1.82, 2.24) is 0 Å². The van der Waals surface area contributed by atoms with E-state index in [0.717, 1.165) is 23.1 Å². The maximum atomic E-state index is 13.3. The normalized spacial score (nSPS) is 18.1. The van der Waals surface area contributed by atoms with E-state index < -0.39 is 35.2 Å². The summed E-state index contributed by atoms with van der Waals surface area (Å²) in [6.07, 6.45) is -3.34. The van der Waals surface area contributed by atoms with Crippen molar-refractivity contribution >= 4 is 23.1 Å². The van der Waals surface area contributed by atoms with Gasteiger partial charge < -0.3 is 14.3 Å². The third-order valence-corrected chi connectivity index (χ3v) is 5.15. The predicted octanol–water partition coefficient (Wildman–Crippen LogP) is 5.32. The lowest BCUT2D eigenvalue weighted by Gasteiger charge is -2.24. The first-order valence-electron chi connectivity index (χ1n) is 9.97. The van der Waals surface area contributed by atoms with Gasteiger partial charge in [-0.25, -0.2) is 0 Å². The zero-order valence-corrected chi connectivity index (χ0v) is 17.3. The second-order valence-corrected chi connectivity index (χ2v) is 7.19. The molecule has 1 unspecified atom stereocenters. The maximum absolute atomic E-state index is 13.3. The van der Waals surface area contributed by atoms with Gasteiger partial charge in [0.05, 0.1) is 24.0 Å². The fourth-order valence-corrected chi connectivity index (χ4v) is 3.68. The second-order valence-electron chi connectivity index (χ2n) is 7.19. The number of rotatable bonds is 5. The van der Waals surface area contributed by atoms with Crippen LogP contribution in [0.3, 0.4) is 0 Å². The molecule has 2 aromatic carbocycles. The van der Waals surface area contributed by atoms with E-state index in [1.807, 2.05) is 6.92 Å². The Balaban J connectivity index is 1.86. The van der Waals surface area contributed by atoms with Gasteiger partial charge in [-0.05, 0) is 61.5 Å². The molecule has 33 heavy (non-hydrogen) atoms. The van der Waals surface area contributed by atoms with Crippen LogP contribution in [0.2, 0.25) is 0 Å². The number of hydrogen-bond donors (Lipinski definition) is 1. The average molecular weight is 457 g/mol. The van der Waals surface area contributed by atoms with Crippen molar-refractivity contribution in [3.63, 3.8) is 0 Å². The van der Waals surface area contributed by atoms with Gasteiger partial charge in [0.1, 0.15) is 23.3 Å². The first-order chi connectivity index (χ1) is 15.7. The summed E-state index contributed by atoms with van der Waals surface area (Å²) < 4.78 is 50.6. The number of aliphatic hydroxyl groups excluding tert-OH is 1. The van der Waals surface area contributed by atoms with Crippen molar-refractivity contribution in [2.24, 2.45) is 0 Å². The number of anilines is 1. The number of alkyl halides is 3. The van der Waals surface area contributed by atoms with Crippen LogP contribution in [0, 0.1) is 0 Å². The molecule has 1 fully saturated rings. The zero-order chi connectivity index (χ0) is 23.8. The molecule has 0 spiro atoms. The highest BCUT2D eigenvalue weighted by atomic mass is 19.4. The number of ketones is 1. The minimum atomic E-state index is -4.65. The quantitative estimate of drug-likeness (QED) is 0.319. The smallest absolute Gasteiger partial charge is 0.416 e. The van der Waals surface area contributed by atoms with Gasteiger partial charge in [0, 0.05) is 11.3 Å². The molecule has 0 radical (unpaired) electrons. The molecule has 1 aromatic heterocycles. The van der Waals surface area contributed by atoms with Crippen LogP contribution < -0.4 is 9.64 Å². The van der Waals surface area contributed by atoms with Crippen molar-refractivity contribution < 1.29 is 37.0 Å². The van der Waals surface area contributed by atoms with E-state index in [4.69, 9.17) is 9.15 Å². The highest BCUT2D eigenvalue weighted by Gasteiger charge is 2.48. The molecule has 1 saturated heterocycles. The van der Waals surface area contributed by atoms with E-state index in [1.165, 1.54) is 36.6 Å². The lowest BCUT2D eigenvalue weighted by Crippen LogP contribution is -2.29. The zero-order valence-electron chi connectivity index (χ0n) is 17.3.